The van der Waals surface area contributed by atoms with Crippen molar-refractivity contribution in [1.29, 1.82) is 0 Å². The first-order valence-electron chi connectivity index (χ1n) is 7.92. The van der Waals surface area contributed by atoms with Gasteiger partial charge in [0.2, 0.25) is 5.60 Å². The van der Waals surface area contributed by atoms with E-state index in [1.54, 1.807) is 23.9 Å². The Labute approximate surface area is 137 Å². The zero-order chi connectivity index (χ0) is 17.5. The number of nitrogens with zero attached hydrogens (tertiary/aromatic N) is 2. The number of imidazole rings is 1. The van der Waals surface area contributed by atoms with Crippen molar-refractivity contribution in [3.63, 3.8) is 0 Å². The molecule has 0 saturated heterocycles. The fraction of sp³-hybridized carbons (Fsp3) is 0.444. The second-order valence-electron chi connectivity index (χ2n) is 5.16. The molecule has 0 fully saturated rings. The molecule has 5 nitrogen and oxygen atoms in total. The van der Waals surface area contributed by atoms with Gasteiger partial charge in [-0.2, -0.15) is 0 Å². The summed E-state index contributed by atoms with van der Waals surface area (Å²) in [4.78, 5) is 16.0. The first kappa shape index (κ1) is 18.9. The molecular formula is C18H26N2O3. The molecule has 1 aromatic carbocycles. The summed E-state index contributed by atoms with van der Waals surface area (Å²) in [5.74, 6) is -0.414. The number of carbonyl (C=O) groups excluding carboxylic acids is 1. The van der Waals surface area contributed by atoms with E-state index in [4.69, 9.17) is 4.74 Å². The molecular weight excluding hydrogens is 292 g/mol. The molecule has 1 heterocycles. The number of ether oxygens (including phenoxy) is 1. The first-order valence-corrected chi connectivity index (χ1v) is 7.92. The lowest BCUT2D eigenvalue weighted by Crippen LogP contribution is -2.37. The number of hydrogen-bond acceptors (Lipinski definition) is 4. The molecule has 5 heteroatoms. The molecule has 0 spiro atoms. The van der Waals surface area contributed by atoms with Gasteiger partial charge in [-0.25, -0.2) is 9.78 Å². The van der Waals surface area contributed by atoms with E-state index in [0.717, 1.165) is 5.56 Å². The van der Waals surface area contributed by atoms with Crippen molar-refractivity contribution >= 4 is 5.97 Å². The summed E-state index contributed by atoms with van der Waals surface area (Å²) in [6.45, 7) is 9.88. The standard InChI is InChI=1S/C16H20N2O3.C2H6/c1-4-21-15(19)16(3,20)14-17-9-10-18(14)11-13-7-5-12(2)6-8-13;1-2/h5-10,20H,4,11H2,1-3H3;1-2H3. The van der Waals surface area contributed by atoms with Gasteiger partial charge in [0, 0.05) is 18.9 Å². The SMILES string of the molecule is CC.CCOC(=O)C(C)(O)c1nccn1Cc1ccc(C)cc1. The average Bonchev–Trinajstić information content (AvgIpc) is 3.01. The molecule has 0 radical (unpaired) electrons. The van der Waals surface area contributed by atoms with Crippen molar-refractivity contribution in [3.8, 4) is 0 Å². The normalized spacial score (nSPS) is 12.8. The molecule has 126 valence electrons. The molecule has 23 heavy (non-hydrogen) atoms. The van der Waals surface area contributed by atoms with Crippen LogP contribution >= 0.6 is 0 Å². The third kappa shape index (κ3) is 4.66. The largest absolute Gasteiger partial charge is 0.464 e. The van der Waals surface area contributed by atoms with Crippen molar-refractivity contribution < 1.29 is 14.6 Å². The summed E-state index contributed by atoms with van der Waals surface area (Å²) >= 11 is 0. The fourth-order valence-corrected chi connectivity index (χ4v) is 2.12. The number of benzene rings is 1. The van der Waals surface area contributed by atoms with Crippen LogP contribution in [0, 0.1) is 6.92 Å². The minimum absolute atomic E-state index is 0.216. The highest BCUT2D eigenvalue weighted by atomic mass is 16.5. The zero-order valence-electron chi connectivity index (χ0n) is 14.5. The second kappa shape index (κ2) is 8.48. The van der Waals surface area contributed by atoms with Gasteiger partial charge < -0.3 is 14.4 Å². The number of aliphatic hydroxyl groups is 1. The molecule has 1 N–H and O–H groups in total. The van der Waals surface area contributed by atoms with Crippen LogP contribution in [-0.4, -0.2) is 27.2 Å². The Morgan fingerprint density at radius 1 is 1.30 bits per heavy atom. The third-order valence-corrected chi connectivity index (χ3v) is 3.30. The number of hydrogen-bond donors (Lipinski definition) is 1. The summed E-state index contributed by atoms with van der Waals surface area (Å²) in [6.07, 6.45) is 3.31. The monoisotopic (exact) mass is 318 g/mol. The van der Waals surface area contributed by atoms with E-state index in [1.807, 2.05) is 45.0 Å². The highest BCUT2D eigenvalue weighted by Crippen LogP contribution is 2.21. The van der Waals surface area contributed by atoms with E-state index in [0.29, 0.717) is 6.54 Å². The molecule has 0 bridgehead atoms. The van der Waals surface area contributed by atoms with Gasteiger partial charge in [-0.1, -0.05) is 43.7 Å². The predicted molar refractivity (Wildman–Crippen MR) is 90.1 cm³/mol. The van der Waals surface area contributed by atoms with Gasteiger partial charge in [-0.3, -0.25) is 0 Å². The lowest BCUT2D eigenvalue weighted by atomic mass is 10.1. The summed E-state index contributed by atoms with van der Waals surface area (Å²) in [5.41, 5.74) is 0.493. The Kier molecular flexibility index (Phi) is 6.97. The van der Waals surface area contributed by atoms with Crippen molar-refractivity contribution in [3.05, 3.63) is 53.6 Å². The van der Waals surface area contributed by atoms with E-state index >= 15 is 0 Å². The lowest BCUT2D eigenvalue weighted by Gasteiger charge is -2.21. The van der Waals surface area contributed by atoms with Gasteiger partial charge in [0.25, 0.3) is 0 Å². The van der Waals surface area contributed by atoms with Gasteiger partial charge in [0.1, 0.15) is 0 Å². The predicted octanol–water partition coefficient (Wildman–Crippen LogP) is 3.04. The van der Waals surface area contributed by atoms with E-state index < -0.39 is 11.6 Å². The van der Waals surface area contributed by atoms with Crippen LogP contribution in [0.4, 0.5) is 0 Å². The Morgan fingerprint density at radius 3 is 2.48 bits per heavy atom. The molecule has 1 aromatic heterocycles. The third-order valence-electron chi connectivity index (χ3n) is 3.30. The molecule has 0 aliphatic carbocycles. The first-order chi connectivity index (χ1) is 10.9. The van der Waals surface area contributed by atoms with Gasteiger partial charge in [0.05, 0.1) is 6.61 Å². The molecule has 0 saturated carbocycles. The Morgan fingerprint density at radius 2 is 1.91 bits per heavy atom. The minimum atomic E-state index is -1.76. The number of esters is 1. The fourth-order valence-electron chi connectivity index (χ4n) is 2.12. The maximum absolute atomic E-state index is 11.9. The second-order valence-corrected chi connectivity index (χ2v) is 5.16. The van der Waals surface area contributed by atoms with Crippen LogP contribution in [0.1, 0.15) is 44.6 Å². The van der Waals surface area contributed by atoms with Crippen LogP contribution in [0.5, 0.6) is 0 Å². The van der Waals surface area contributed by atoms with Crippen molar-refractivity contribution in [1.82, 2.24) is 9.55 Å². The number of carbonyl (C=O) groups is 1. The van der Waals surface area contributed by atoms with E-state index in [2.05, 4.69) is 4.98 Å². The van der Waals surface area contributed by atoms with Gasteiger partial charge >= 0.3 is 5.97 Å². The Bertz CT molecular complexity index is 615. The zero-order valence-corrected chi connectivity index (χ0v) is 14.5. The van der Waals surface area contributed by atoms with Gasteiger partial charge in [-0.15, -0.1) is 0 Å². The Balaban J connectivity index is 0.00000127. The highest BCUT2D eigenvalue weighted by molar-refractivity contribution is 5.79. The molecule has 0 aliphatic heterocycles. The van der Waals surface area contributed by atoms with Crippen molar-refractivity contribution in [2.24, 2.45) is 0 Å². The molecule has 1 unspecified atom stereocenters. The topological polar surface area (TPSA) is 64.3 Å². The number of aromatic nitrogens is 2. The summed E-state index contributed by atoms with van der Waals surface area (Å²) in [6, 6.07) is 8.07. The molecule has 0 aliphatic rings. The summed E-state index contributed by atoms with van der Waals surface area (Å²) < 4.78 is 6.66. The maximum Gasteiger partial charge on any atom is 0.345 e. The number of rotatable bonds is 5. The van der Waals surface area contributed by atoms with Crippen LogP contribution in [0.2, 0.25) is 0 Å². The van der Waals surface area contributed by atoms with Crippen LogP contribution in [-0.2, 0) is 21.7 Å². The lowest BCUT2D eigenvalue weighted by molar-refractivity contribution is -0.165. The summed E-state index contributed by atoms with van der Waals surface area (Å²) in [5, 5.41) is 10.4. The van der Waals surface area contributed by atoms with Crippen LogP contribution in [0.25, 0.3) is 0 Å². The van der Waals surface area contributed by atoms with E-state index in [1.165, 1.54) is 12.5 Å². The Hall–Kier alpha value is -2.14. The van der Waals surface area contributed by atoms with Crippen molar-refractivity contribution in [2.45, 2.75) is 46.8 Å². The highest BCUT2D eigenvalue weighted by Gasteiger charge is 2.38. The molecule has 2 aromatic rings. The average molecular weight is 318 g/mol. The number of aryl methyl sites for hydroxylation is 1. The quantitative estimate of drug-likeness (QED) is 0.861. The van der Waals surface area contributed by atoms with Crippen molar-refractivity contribution in [2.75, 3.05) is 6.61 Å². The van der Waals surface area contributed by atoms with Crippen LogP contribution in [0.3, 0.4) is 0 Å². The van der Waals surface area contributed by atoms with E-state index in [-0.39, 0.29) is 12.4 Å². The summed E-state index contributed by atoms with van der Waals surface area (Å²) in [7, 11) is 0. The molecule has 1 atom stereocenters. The van der Waals surface area contributed by atoms with Gasteiger partial charge in [0.15, 0.2) is 5.82 Å². The minimum Gasteiger partial charge on any atom is -0.464 e. The molecule has 2 rings (SSSR count). The van der Waals surface area contributed by atoms with Crippen LogP contribution in [0.15, 0.2) is 36.7 Å². The smallest absolute Gasteiger partial charge is 0.345 e. The van der Waals surface area contributed by atoms with Gasteiger partial charge in [-0.05, 0) is 26.3 Å². The van der Waals surface area contributed by atoms with Crippen LogP contribution < -0.4 is 0 Å². The van der Waals surface area contributed by atoms with E-state index in [9.17, 15) is 9.90 Å². The maximum atomic E-state index is 11.9. The molecule has 0 amide bonds.